The van der Waals surface area contributed by atoms with Gasteiger partial charge in [-0.1, -0.05) is 0 Å². The van der Waals surface area contributed by atoms with E-state index in [4.69, 9.17) is 9.47 Å². The molecule has 4 heteroatoms. The molecule has 0 unspecified atom stereocenters. The van der Waals surface area contributed by atoms with Gasteiger partial charge < -0.3 is 14.8 Å². The molecule has 1 aromatic heterocycles. The molecule has 0 amide bonds. The standard InChI is InChI=1S/C9H12N2O2/c1-10-7-2-8(4-11-3-7)13-9-5-12-6-9/h2-4,9-10H,5-6H2,1H3. The first-order valence-corrected chi connectivity index (χ1v) is 4.25. The molecular formula is C9H12N2O2. The molecule has 0 spiro atoms. The quantitative estimate of drug-likeness (QED) is 0.750. The van der Waals surface area contributed by atoms with Gasteiger partial charge in [-0.25, -0.2) is 0 Å². The fraction of sp³-hybridized carbons (Fsp3) is 0.444. The molecule has 2 rings (SSSR count). The summed E-state index contributed by atoms with van der Waals surface area (Å²) in [5.41, 5.74) is 0.956. The van der Waals surface area contributed by atoms with Gasteiger partial charge in [0.05, 0.1) is 31.3 Å². The summed E-state index contributed by atoms with van der Waals surface area (Å²) >= 11 is 0. The summed E-state index contributed by atoms with van der Waals surface area (Å²) in [6.45, 7) is 1.37. The molecule has 0 aromatic carbocycles. The Labute approximate surface area is 76.9 Å². The van der Waals surface area contributed by atoms with E-state index >= 15 is 0 Å². The number of hydrogen-bond donors (Lipinski definition) is 1. The van der Waals surface area contributed by atoms with Gasteiger partial charge in [-0.05, 0) is 0 Å². The SMILES string of the molecule is CNc1cncc(OC2COC2)c1. The number of ether oxygens (including phenoxy) is 2. The molecule has 0 bridgehead atoms. The van der Waals surface area contributed by atoms with E-state index in [0.29, 0.717) is 13.2 Å². The van der Waals surface area contributed by atoms with E-state index in [1.54, 1.807) is 12.4 Å². The largest absolute Gasteiger partial charge is 0.484 e. The molecule has 1 saturated heterocycles. The smallest absolute Gasteiger partial charge is 0.145 e. The lowest BCUT2D eigenvalue weighted by Crippen LogP contribution is -2.38. The van der Waals surface area contributed by atoms with Crippen molar-refractivity contribution < 1.29 is 9.47 Å². The Morgan fingerprint density at radius 3 is 3.00 bits per heavy atom. The molecule has 1 aliphatic heterocycles. The molecule has 1 aliphatic rings. The average Bonchev–Trinajstić information content (AvgIpc) is 2.12. The summed E-state index contributed by atoms with van der Waals surface area (Å²) in [5.74, 6) is 0.792. The summed E-state index contributed by atoms with van der Waals surface area (Å²) in [4.78, 5) is 4.04. The van der Waals surface area contributed by atoms with Crippen molar-refractivity contribution in [1.29, 1.82) is 0 Å². The number of pyridine rings is 1. The molecule has 1 N–H and O–H groups in total. The maximum atomic E-state index is 5.57. The molecule has 0 saturated carbocycles. The van der Waals surface area contributed by atoms with E-state index in [1.807, 2.05) is 13.1 Å². The lowest BCUT2D eigenvalue weighted by molar-refractivity contribution is -0.0797. The van der Waals surface area contributed by atoms with Gasteiger partial charge in [0.15, 0.2) is 0 Å². The van der Waals surface area contributed by atoms with Crippen molar-refractivity contribution in [2.75, 3.05) is 25.6 Å². The van der Waals surface area contributed by atoms with Crippen molar-refractivity contribution in [2.24, 2.45) is 0 Å². The first-order chi connectivity index (χ1) is 6.38. The predicted octanol–water partition coefficient (Wildman–Crippen LogP) is 0.901. The van der Waals surface area contributed by atoms with Crippen molar-refractivity contribution in [1.82, 2.24) is 4.98 Å². The van der Waals surface area contributed by atoms with E-state index in [0.717, 1.165) is 11.4 Å². The van der Waals surface area contributed by atoms with Crippen LogP contribution in [0.15, 0.2) is 18.5 Å². The Hall–Kier alpha value is -1.29. The zero-order valence-electron chi connectivity index (χ0n) is 7.49. The van der Waals surface area contributed by atoms with Crippen LogP contribution in [0, 0.1) is 0 Å². The van der Waals surface area contributed by atoms with Gasteiger partial charge in [0.2, 0.25) is 0 Å². The Morgan fingerprint density at radius 1 is 1.54 bits per heavy atom. The predicted molar refractivity (Wildman–Crippen MR) is 49.0 cm³/mol. The van der Waals surface area contributed by atoms with E-state index in [-0.39, 0.29) is 6.10 Å². The number of rotatable bonds is 3. The fourth-order valence-corrected chi connectivity index (χ4v) is 1.09. The maximum absolute atomic E-state index is 5.57. The van der Waals surface area contributed by atoms with Crippen LogP contribution in [0.3, 0.4) is 0 Å². The summed E-state index contributed by atoms with van der Waals surface area (Å²) in [6.07, 6.45) is 3.66. The molecule has 1 fully saturated rings. The van der Waals surface area contributed by atoms with E-state index < -0.39 is 0 Å². The molecule has 0 atom stereocenters. The highest BCUT2D eigenvalue weighted by molar-refractivity contribution is 5.44. The number of anilines is 1. The highest BCUT2D eigenvalue weighted by Crippen LogP contribution is 2.18. The molecule has 0 aliphatic carbocycles. The third kappa shape index (κ3) is 1.89. The monoisotopic (exact) mass is 180 g/mol. The Kier molecular flexibility index (Phi) is 2.31. The molecule has 13 heavy (non-hydrogen) atoms. The summed E-state index contributed by atoms with van der Waals surface area (Å²) in [5, 5.41) is 3.00. The van der Waals surface area contributed by atoms with Crippen LogP contribution >= 0.6 is 0 Å². The second kappa shape index (κ2) is 3.62. The van der Waals surface area contributed by atoms with Crippen LogP contribution in [0.4, 0.5) is 5.69 Å². The van der Waals surface area contributed by atoms with Crippen LogP contribution in [0.5, 0.6) is 5.75 Å². The minimum absolute atomic E-state index is 0.203. The van der Waals surface area contributed by atoms with E-state index in [9.17, 15) is 0 Å². The molecule has 1 aromatic rings. The van der Waals surface area contributed by atoms with Gasteiger partial charge >= 0.3 is 0 Å². The van der Waals surface area contributed by atoms with Crippen molar-refractivity contribution >= 4 is 5.69 Å². The Balaban J connectivity index is 2.01. The normalized spacial score (nSPS) is 16.4. The first-order valence-electron chi connectivity index (χ1n) is 4.25. The third-order valence-electron chi connectivity index (χ3n) is 1.91. The van der Waals surface area contributed by atoms with Crippen molar-refractivity contribution in [2.45, 2.75) is 6.10 Å². The molecule has 2 heterocycles. The fourth-order valence-electron chi connectivity index (χ4n) is 1.09. The Bertz CT molecular complexity index is 287. The molecule has 70 valence electrons. The number of hydrogen-bond acceptors (Lipinski definition) is 4. The zero-order valence-corrected chi connectivity index (χ0v) is 7.49. The van der Waals surface area contributed by atoms with Gasteiger partial charge in [-0.3, -0.25) is 4.98 Å². The summed E-state index contributed by atoms with van der Waals surface area (Å²) in [6, 6.07) is 1.92. The van der Waals surface area contributed by atoms with Crippen LogP contribution in [0.2, 0.25) is 0 Å². The van der Waals surface area contributed by atoms with Crippen LogP contribution in [-0.2, 0) is 4.74 Å². The van der Waals surface area contributed by atoms with Crippen LogP contribution in [0.1, 0.15) is 0 Å². The van der Waals surface area contributed by atoms with E-state index in [2.05, 4.69) is 10.3 Å². The summed E-state index contributed by atoms with van der Waals surface area (Å²) < 4.78 is 10.6. The lowest BCUT2D eigenvalue weighted by atomic mass is 10.3. The van der Waals surface area contributed by atoms with Crippen molar-refractivity contribution in [3.05, 3.63) is 18.5 Å². The molecule has 0 radical (unpaired) electrons. The zero-order chi connectivity index (χ0) is 9.10. The van der Waals surface area contributed by atoms with Gasteiger partial charge in [-0.2, -0.15) is 0 Å². The minimum Gasteiger partial charge on any atom is -0.484 e. The van der Waals surface area contributed by atoms with Crippen molar-refractivity contribution in [3.63, 3.8) is 0 Å². The first kappa shape index (κ1) is 8.31. The van der Waals surface area contributed by atoms with Crippen molar-refractivity contribution in [3.8, 4) is 5.75 Å². The third-order valence-corrected chi connectivity index (χ3v) is 1.91. The van der Waals surface area contributed by atoms with Crippen LogP contribution < -0.4 is 10.1 Å². The van der Waals surface area contributed by atoms with Gasteiger partial charge in [0.25, 0.3) is 0 Å². The van der Waals surface area contributed by atoms with E-state index in [1.165, 1.54) is 0 Å². The maximum Gasteiger partial charge on any atom is 0.145 e. The number of aromatic nitrogens is 1. The number of nitrogens with one attached hydrogen (secondary N) is 1. The second-order valence-electron chi connectivity index (χ2n) is 2.94. The van der Waals surface area contributed by atoms with Crippen LogP contribution in [0.25, 0.3) is 0 Å². The highest BCUT2D eigenvalue weighted by atomic mass is 16.6. The van der Waals surface area contributed by atoms with Crippen LogP contribution in [-0.4, -0.2) is 31.3 Å². The lowest BCUT2D eigenvalue weighted by Gasteiger charge is -2.26. The van der Waals surface area contributed by atoms with Gasteiger partial charge in [-0.15, -0.1) is 0 Å². The second-order valence-corrected chi connectivity index (χ2v) is 2.94. The topological polar surface area (TPSA) is 43.4 Å². The molecular weight excluding hydrogens is 168 g/mol. The minimum atomic E-state index is 0.203. The molecule has 4 nitrogen and oxygen atoms in total. The highest BCUT2D eigenvalue weighted by Gasteiger charge is 2.19. The van der Waals surface area contributed by atoms with Gasteiger partial charge in [0, 0.05) is 13.1 Å². The number of nitrogens with zero attached hydrogens (tertiary/aromatic N) is 1. The summed E-state index contributed by atoms with van der Waals surface area (Å²) in [7, 11) is 1.85. The average molecular weight is 180 g/mol. The van der Waals surface area contributed by atoms with Gasteiger partial charge in [0.1, 0.15) is 11.9 Å². The Morgan fingerprint density at radius 2 is 2.38 bits per heavy atom.